The van der Waals surface area contributed by atoms with E-state index in [1.54, 1.807) is 0 Å². The molecule has 0 aliphatic heterocycles. The molecule has 63 heavy (non-hydrogen) atoms. The van der Waals surface area contributed by atoms with Crippen molar-refractivity contribution in [1.82, 2.24) is 0 Å². The van der Waals surface area contributed by atoms with Gasteiger partial charge in [0.1, 0.15) is 25.3 Å². The molecule has 0 aliphatic carbocycles. The van der Waals surface area contributed by atoms with Crippen LogP contribution in [0, 0.1) is 0 Å². The minimum atomic E-state index is -5.02. The van der Waals surface area contributed by atoms with Crippen LogP contribution in [0.5, 0.6) is 0 Å². The number of ether oxygens (including phenoxy) is 4. The largest absolute Gasteiger partial charge is 0.481 e. The maximum absolute atomic E-state index is 13.0. The number of hydrogen-bond donors (Lipinski definition) is 5. The maximum atomic E-state index is 13.0. The quantitative estimate of drug-likeness (QED) is 0.0168. The third kappa shape index (κ3) is 37.9. The first-order valence-corrected chi connectivity index (χ1v) is 24.9. The molecule has 0 fully saturated rings. The van der Waals surface area contributed by atoms with Crippen LogP contribution < -0.4 is 11.5 Å². The van der Waals surface area contributed by atoms with Crippen LogP contribution in [0.4, 0.5) is 0 Å². The van der Waals surface area contributed by atoms with Gasteiger partial charge in [-0.25, -0.2) is 4.57 Å². The van der Waals surface area contributed by atoms with Crippen LogP contribution in [0.3, 0.4) is 0 Å². The smallest absolute Gasteiger partial charge is 0.472 e. The number of phosphoric ester groups is 1. The second-order valence-corrected chi connectivity index (χ2v) is 17.6. The van der Waals surface area contributed by atoms with E-state index >= 15 is 0 Å². The van der Waals surface area contributed by atoms with Gasteiger partial charge in [-0.15, -0.1) is 0 Å². The van der Waals surface area contributed by atoms with Gasteiger partial charge in [0.25, 0.3) is 0 Å². The minimum absolute atomic E-state index is 0.0772. The van der Waals surface area contributed by atoms with Gasteiger partial charge < -0.3 is 45.5 Å². The monoisotopic (exact) mass is 925 g/mol. The first-order chi connectivity index (χ1) is 30.1. The van der Waals surface area contributed by atoms with E-state index < -0.39 is 107 Å². The van der Waals surface area contributed by atoms with E-state index in [0.29, 0.717) is 12.8 Å². The fourth-order valence-electron chi connectivity index (χ4n) is 6.32. The highest BCUT2D eigenvalue weighted by molar-refractivity contribution is 7.47. The summed E-state index contributed by atoms with van der Waals surface area (Å²) in [5, 5.41) is 17.8. The lowest BCUT2D eigenvalue weighted by molar-refractivity contribution is -0.163. The molecule has 0 radical (unpaired) electrons. The fourth-order valence-corrected chi connectivity index (χ4v) is 7.11. The number of esters is 4. The van der Waals surface area contributed by atoms with Crippen LogP contribution in [0.25, 0.3) is 0 Å². The van der Waals surface area contributed by atoms with E-state index in [4.69, 9.17) is 49.7 Å². The van der Waals surface area contributed by atoms with Crippen molar-refractivity contribution in [2.45, 2.75) is 218 Å². The molecule has 5 atom stereocenters. The SMILES string of the molecule is CCCCCCCCCCCCCC(=O)OCC(COP(=O)(O)OCC(COC(=O)C(N)CCC(=O)O)OC(=O)C(N)CCC(=O)O)OC(=O)CCCCCCCCCCCCC. The number of aliphatic carboxylic acids is 2. The van der Waals surface area contributed by atoms with Gasteiger partial charge in [-0.3, -0.25) is 37.8 Å². The first kappa shape index (κ1) is 59.9. The zero-order valence-electron chi connectivity index (χ0n) is 38.2. The van der Waals surface area contributed by atoms with E-state index in [0.717, 1.165) is 51.4 Å². The number of carbonyl (C=O) groups is 6. The number of phosphoric acid groups is 1. The summed E-state index contributed by atoms with van der Waals surface area (Å²) in [6.07, 6.45) is 20.1. The van der Waals surface area contributed by atoms with E-state index in [2.05, 4.69) is 13.8 Å². The van der Waals surface area contributed by atoms with Gasteiger partial charge in [0.15, 0.2) is 12.2 Å². The summed E-state index contributed by atoms with van der Waals surface area (Å²) >= 11 is 0. The molecule has 0 heterocycles. The Morgan fingerprint density at radius 3 is 1.22 bits per heavy atom. The molecular weight excluding hydrogens is 843 g/mol. The second-order valence-electron chi connectivity index (χ2n) is 16.2. The van der Waals surface area contributed by atoms with E-state index in [1.165, 1.54) is 77.0 Å². The summed E-state index contributed by atoms with van der Waals surface area (Å²) in [7, 11) is -5.02. The molecule has 0 rings (SSSR count). The highest BCUT2D eigenvalue weighted by Gasteiger charge is 2.30. The lowest BCUT2D eigenvalue weighted by Crippen LogP contribution is -2.40. The van der Waals surface area contributed by atoms with Crippen LogP contribution >= 0.6 is 7.82 Å². The van der Waals surface area contributed by atoms with Crippen LogP contribution in [0.2, 0.25) is 0 Å². The highest BCUT2D eigenvalue weighted by atomic mass is 31.2. The summed E-state index contributed by atoms with van der Waals surface area (Å²) in [6, 6.07) is -2.78. The lowest BCUT2D eigenvalue weighted by Gasteiger charge is -2.23. The molecule has 0 aromatic carbocycles. The van der Waals surface area contributed by atoms with Crippen LogP contribution in [-0.4, -0.2) is 102 Å². The van der Waals surface area contributed by atoms with Crippen LogP contribution in [-0.2, 0) is 61.3 Å². The average Bonchev–Trinajstić information content (AvgIpc) is 3.24. The number of carbonyl (C=O) groups excluding carboxylic acids is 4. The zero-order chi connectivity index (χ0) is 47.1. The van der Waals surface area contributed by atoms with Gasteiger partial charge in [0.2, 0.25) is 0 Å². The van der Waals surface area contributed by atoms with Crippen molar-refractivity contribution in [3.05, 3.63) is 0 Å². The molecule has 368 valence electrons. The predicted octanol–water partition coefficient (Wildman–Crippen LogP) is 7.82. The molecule has 5 unspecified atom stereocenters. The summed E-state index contributed by atoms with van der Waals surface area (Å²) in [4.78, 5) is 82.7. The molecule has 0 spiro atoms. The molecule has 0 amide bonds. The van der Waals surface area contributed by atoms with Gasteiger partial charge in [-0.1, -0.05) is 142 Å². The Bertz CT molecular complexity index is 1300. The van der Waals surface area contributed by atoms with Gasteiger partial charge in [-0.2, -0.15) is 0 Å². The molecule has 7 N–H and O–H groups in total. The number of rotatable bonds is 44. The Morgan fingerprint density at radius 2 is 0.810 bits per heavy atom. The van der Waals surface area contributed by atoms with Gasteiger partial charge in [0, 0.05) is 25.7 Å². The van der Waals surface area contributed by atoms with E-state index in [-0.39, 0.29) is 25.7 Å². The van der Waals surface area contributed by atoms with Crippen molar-refractivity contribution in [2.24, 2.45) is 11.5 Å². The molecule has 0 aliphatic rings. The Balaban J connectivity index is 5.33. The van der Waals surface area contributed by atoms with Crippen molar-refractivity contribution in [1.29, 1.82) is 0 Å². The van der Waals surface area contributed by atoms with Crippen molar-refractivity contribution in [3.8, 4) is 0 Å². The number of carboxylic acids is 2. The lowest BCUT2D eigenvalue weighted by atomic mass is 10.1. The van der Waals surface area contributed by atoms with E-state index in [1.807, 2.05) is 0 Å². The Kier molecular flexibility index (Phi) is 37.3. The molecule has 0 saturated heterocycles. The number of nitrogens with two attached hydrogens (primary N) is 2. The van der Waals surface area contributed by atoms with Crippen LogP contribution in [0.15, 0.2) is 0 Å². The molecule has 0 saturated carbocycles. The maximum Gasteiger partial charge on any atom is 0.472 e. The number of unbranched alkanes of at least 4 members (excludes halogenated alkanes) is 20. The summed E-state index contributed by atoms with van der Waals surface area (Å²) in [5.74, 6) is -5.76. The van der Waals surface area contributed by atoms with Crippen molar-refractivity contribution < 1.29 is 76.4 Å². The third-order valence-electron chi connectivity index (χ3n) is 10.2. The Morgan fingerprint density at radius 1 is 0.460 bits per heavy atom. The Hall–Kier alpha value is -3.15. The fraction of sp³-hybridized carbons (Fsp3) is 0.864. The first-order valence-electron chi connectivity index (χ1n) is 23.4. The third-order valence-corrected chi connectivity index (χ3v) is 11.1. The van der Waals surface area contributed by atoms with Crippen LogP contribution in [0.1, 0.15) is 194 Å². The number of hydrogen-bond acceptors (Lipinski definition) is 15. The second kappa shape index (κ2) is 39.2. The Labute approximate surface area is 375 Å². The van der Waals surface area contributed by atoms with Gasteiger partial charge in [-0.05, 0) is 25.7 Å². The van der Waals surface area contributed by atoms with Crippen molar-refractivity contribution >= 4 is 43.6 Å². The zero-order valence-corrected chi connectivity index (χ0v) is 39.1. The summed E-state index contributed by atoms with van der Waals surface area (Å²) in [5.41, 5.74) is 11.4. The van der Waals surface area contributed by atoms with Gasteiger partial charge in [0.05, 0.1) is 13.2 Å². The van der Waals surface area contributed by atoms with Crippen molar-refractivity contribution in [2.75, 3.05) is 26.4 Å². The van der Waals surface area contributed by atoms with E-state index in [9.17, 15) is 38.2 Å². The standard InChI is InChI=1S/C44H81N2O16P/c1-3-5-7-9-11-13-15-17-19-21-23-25-41(51)57-31-35(61-42(52)26-24-22-20-18-16-14-12-10-8-6-4-2)33-59-63(55,56)60-34-36(62-44(54)38(46)28-30-40(49)50)32-58-43(53)37(45)27-29-39(47)48/h35-38H,3-34,45-46H2,1-2H3,(H,47,48)(H,49,50)(H,55,56). The van der Waals surface area contributed by atoms with Gasteiger partial charge >= 0.3 is 43.6 Å². The minimum Gasteiger partial charge on any atom is -0.481 e. The van der Waals surface area contributed by atoms with Crippen molar-refractivity contribution in [3.63, 3.8) is 0 Å². The average molecular weight is 925 g/mol. The molecular formula is C44H81N2O16P. The topological polar surface area (TPSA) is 288 Å². The molecule has 0 bridgehead atoms. The summed E-state index contributed by atoms with van der Waals surface area (Å²) in [6.45, 7) is 1.54. The molecule has 19 heteroatoms. The highest BCUT2D eigenvalue weighted by Crippen LogP contribution is 2.43. The number of carboxylic acid groups (broad SMARTS) is 2. The predicted molar refractivity (Wildman–Crippen MR) is 235 cm³/mol. The summed E-state index contributed by atoms with van der Waals surface area (Å²) < 4.78 is 44.2. The molecule has 0 aromatic rings. The normalized spacial score (nSPS) is 14.2. The molecule has 0 aromatic heterocycles. The molecule has 18 nitrogen and oxygen atoms in total.